The zero-order chi connectivity index (χ0) is 13.6. The van der Waals surface area contributed by atoms with E-state index >= 15 is 0 Å². The Hall–Kier alpha value is -1.05. The van der Waals surface area contributed by atoms with Gasteiger partial charge in [-0.2, -0.15) is 0 Å². The molecule has 0 radical (unpaired) electrons. The molecule has 1 aromatic carbocycles. The van der Waals surface area contributed by atoms with Gasteiger partial charge in [-0.1, -0.05) is 0 Å². The zero-order valence-corrected chi connectivity index (χ0v) is 11.9. The molecule has 2 N–H and O–H groups in total. The highest BCUT2D eigenvalue weighted by Crippen LogP contribution is 2.19. The maximum absolute atomic E-state index is 10.8. The van der Waals surface area contributed by atoms with Crippen molar-refractivity contribution in [3.63, 3.8) is 0 Å². The Morgan fingerprint density at radius 3 is 2.39 bits per heavy atom. The number of thioether (sulfide) groups is 1. The number of amides is 1. The van der Waals surface area contributed by atoms with E-state index in [-0.39, 0.29) is 5.91 Å². The molecule has 0 spiro atoms. The van der Waals surface area contributed by atoms with Crippen LogP contribution >= 0.6 is 11.8 Å². The first-order valence-corrected chi connectivity index (χ1v) is 8.19. The summed E-state index contributed by atoms with van der Waals surface area (Å²) >= 11 is 1.55. The van der Waals surface area contributed by atoms with Gasteiger partial charge in [0, 0.05) is 29.8 Å². The number of carbonyl (C=O) groups is 1. The molecule has 1 rings (SSSR count). The molecule has 0 fully saturated rings. The van der Waals surface area contributed by atoms with Crippen LogP contribution in [-0.2, 0) is 14.8 Å². The Balaban J connectivity index is 2.37. The Kier molecular flexibility index (Phi) is 5.64. The molecular formula is C11H16N2O3S2. The topological polar surface area (TPSA) is 75.3 Å². The molecule has 0 bridgehead atoms. The minimum atomic E-state index is -3.11. The van der Waals surface area contributed by atoms with Gasteiger partial charge in [0.1, 0.15) is 0 Å². The fraction of sp³-hybridized carbons (Fsp3) is 0.364. The monoisotopic (exact) mass is 288 g/mol. The number of benzene rings is 1. The molecule has 100 valence electrons. The van der Waals surface area contributed by atoms with E-state index in [1.54, 1.807) is 11.8 Å². The van der Waals surface area contributed by atoms with E-state index in [2.05, 4.69) is 10.0 Å². The van der Waals surface area contributed by atoms with Gasteiger partial charge in [0.25, 0.3) is 0 Å². The maximum Gasteiger partial charge on any atom is 0.221 e. The normalized spacial score (nSPS) is 11.2. The summed E-state index contributed by atoms with van der Waals surface area (Å²) in [5, 5.41) is 2.68. The van der Waals surface area contributed by atoms with Crippen molar-refractivity contribution in [2.45, 2.75) is 11.8 Å². The average molecular weight is 288 g/mol. The van der Waals surface area contributed by atoms with Crippen LogP contribution < -0.4 is 10.0 Å². The standard InChI is InChI=1S/C11H16N2O3S2/c1-9(14)13-10-3-5-11(6-4-10)17-8-7-12-18(2,15)16/h3-6,12H,7-8H2,1-2H3,(H,13,14). The summed E-state index contributed by atoms with van der Waals surface area (Å²) in [4.78, 5) is 11.8. The highest BCUT2D eigenvalue weighted by Gasteiger charge is 2.00. The number of hydrogen-bond donors (Lipinski definition) is 2. The summed E-state index contributed by atoms with van der Waals surface area (Å²) in [5.41, 5.74) is 0.751. The largest absolute Gasteiger partial charge is 0.326 e. The number of anilines is 1. The van der Waals surface area contributed by atoms with Gasteiger partial charge in [-0.25, -0.2) is 13.1 Å². The Morgan fingerprint density at radius 2 is 1.89 bits per heavy atom. The van der Waals surface area contributed by atoms with E-state index in [4.69, 9.17) is 0 Å². The molecule has 0 saturated carbocycles. The number of hydrogen-bond acceptors (Lipinski definition) is 4. The SMILES string of the molecule is CC(=O)Nc1ccc(SCCNS(C)(=O)=O)cc1. The fourth-order valence-electron chi connectivity index (χ4n) is 1.23. The van der Waals surface area contributed by atoms with Crippen LogP contribution in [-0.4, -0.2) is 32.9 Å². The van der Waals surface area contributed by atoms with Gasteiger partial charge in [0.15, 0.2) is 0 Å². The van der Waals surface area contributed by atoms with E-state index in [9.17, 15) is 13.2 Å². The van der Waals surface area contributed by atoms with Crippen molar-refractivity contribution < 1.29 is 13.2 Å². The lowest BCUT2D eigenvalue weighted by molar-refractivity contribution is -0.114. The summed E-state index contributed by atoms with van der Waals surface area (Å²) in [6, 6.07) is 7.40. The average Bonchev–Trinajstić information content (AvgIpc) is 2.24. The number of rotatable bonds is 6. The predicted molar refractivity (Wildman–Crippen MR) is 74.3 cm³/mol. The molecule has 0 aliphatic heterocycles. The highest BCUT2D eigenvalue weighted by atomic mass is 32.2. The van der Waals surface area contributed by atoms with Crippen LogP contribution in [0.1, 0.15) is 6.92 Å². The van der Waals surface area contributed by atoms with E-state index in [0.29, 0.717) is 12.3 Å². The van der Waals surface area contributed by atoms with Crippen molar-refractivity contribution >= 4 is 33.4 Å². The summed E-state index contributed by atoms with van der Waals surface area (Å²) in [5.74, 6) is 0.555. The van der Waals surface area contributed by atoms with Crippen molar-refractivity contribution in [2.24, 2.45) is 0 Å². The second-order valence-corrected chi connectivity index (χ2v) is 6.72. The van der Waals surface area contributed by atoms with Crippen LogP contribution in [0, 0.1) is 0 Å². The van der Waals surface area contributed by atoms with Crippen molar-refractivity contribution in [3.8, 4) is 0 Å². The molecule has 18 heavy (non-hydrogen) atoms. The molecule has 1 amide bonds. The molecule has 5 nitrogen and oxygen atoms in total. The van der Waals surface area contributed by atoms with E-state index in [1.165, 1.54) is 6.92 Å². The lowest BCUT2D eigenvalue weighted by Gasteiger charge is -2.05. The minimum Gasteiger partial charge on any atom is -0.326 e. The van der Waals surface area contributed by atoms with Gasteiger partial charge < -0.3 is 5.32 Å². The smallest absolute Gasteiger partial charge is 0.221 e. The zero-order valence-electron chi connectivity index (χ0n) is 10.3. The van der Waals surface area contributed by atoms with Crippen LogP contribution in [0.4, 0.5) is 5.69 Å². The summed E-state index contributed by atoms with van der Waals surface area (Å²) in [7, 11) is -3.11. The Morgan fingerprint density at radius 1 is 1.28 bits per heavy atom. The molecule has 0 aliphatic carbocycles. The first-order chi connectivity index (χ1) is 8.37. The summed E-state index contributed by atoms with van der Waals surface area (Å²) in [6.07, 6.45) is 1.14. The fourth-order valence-corrected chi connectivity index (χ4v) is 2.60. The van der Waals surface area contributed by atoms with E-state index in [1.807, 2.05) is 24.3 Å². The van der Waals surface area contributed by atoms with Gasteiger partial charge in [0.05, 0.1) is 6.26 Å². The second kappa shape index (κ2) is 6.77. The molecule has 7 heteroatoms. The van der Waals surface area contributed by atoms with Gasteiger partial charge >= 0.3 is 0 Å². The quantitative estimate of drug-likeness (QED) is 0.611. The first-order valence-electron chi connectivity index (χ1n) is 5.32. The molecule has 0 heterocycles. The third kappa shape index (κ3) is 6.63. The highest BCUT2D eigenvalue weighted by molar-refractivity contribution is 7.99. The molecular weight excluding hydrogens is 272 g/mol. The van der Waals surface area contributed by atoms with Gasteiger partial charge in [-0.05, 0) is 24.3 Å². The molecule has 0 aromatic heterocycles. The van der Waals surface area contributed by atoms with Crippen molar-refractivity contribution in [3.05, 3.63) is 24.3 Å². The maximum atomic E-state index is 10.8. The van der Waals surface area contributed by atoms with Crippen LogP contribution in [0.25, 0.3) is 0 Å². The van der Waals surface area contributed by atoms with Crippen molar-refractivity contribution in [1.29, 1.82) is 0 Å². The van der Waals surface area contributed by atoms with Crippen LogP contribution in [0.3, 0.4) is 0 Å². The van der Waals surface area contributed by atoms with Gasteiger partial charge in [-0.3, -0.25) is 4.79 Å². The Bertz CT molecular complexity index is 498. The second-order valence-electron chi connectivity index (χ2n) is 3.72. The first kappa shape index (κ1) is 15.0. The number of carbonyl (C=O) groups excluding carboxylic acids is 1. The van der Waals surface area contributed by atoms with Crippen LogP contribution in [0.15, 0.2) is 29.2 Å². The third-order valence-electron chi connectivity index (χ3n) is 1.91. The van der Waals surface area contributed by atoms with Crippen molar-refractivity contribution in [1.82, 2.24) is 4.72 Å². The lowest BCUT2D eigenvalue weighted by Crippen LogP contribution is -2.24. The molecule has 0 aliphatic rings. The van der Waals surface area contributed by atoms with Crippen molar-refractivity contribution in [2.75, 3.05) is 23.9 Å². The molecule has 1 aromatic rings. The Labute approximate surface area is 111 Å². The minimum absolute atomic E-state index is 0.104. The molecule has 0 unspecified atom stereocenters. The van der Waals surface area contributed by atoms with E-state index < -0.39 is 10.0 Å². The summed E-state index contributed by atoms with van der Waals surface area (Å²) < 4.78 is 24.1. The lowest BCUT2D eigenvalue weighted by atomic mass is 10.3. The van der Waals surface area contributed by atoms with Crippen LogP contribution in [0.2, 0.25) is 0 Å². The van der Waals surface area contributed by atoms with E-state index in [0.717, 1.165) is 16.8 Å². The van der Waals surface area contributed by atoms with Gasteiger partial charge in [-0.15, -0.1) is 11.8 Å². The number of nitrogens with one attached hydrogen (secondary N) is 2. The molecule has 0 saturated heterocycles. The summed E-state index contributed by atoms with van der Waals surface area (Å²) in [6.45, 7) is 1.86. The predicted octanol–water partition coefficient (Wildman–Crippen LogP) is 1.29. The number of sulfonamides is 1. The van der Waals surface area contributed by atoms with Crippen LogP contribution in [0.5, 0.6) is 0 Å². The van der Waals surface area contributed by atoms with Gasteiger partial charge in [0.2, 0.25) is 15.9 Å². The molecule has 0 atom stereocenters. The third-order valence-corrected chi connectivity index (χ3v) is 3.65.